The molecule has 0 N–H and O–H groups in total. The van der Waals surface area contributed by atoms with Crippen molar-refractivity contribution < 1.29 is 9.59 Å². The molecular weight excluding hydrogens is 526 g/mol. The van der Waals surface area contributed by atoms with Crippen LogP contribution in [0.25, 0.3) is 27.6 Å². The van der Waals surface area contributed by atoms with Gasteiger partial charge in [-0.1, -0.05) is 60.7 Å². The first kappa shape index (κ1) is 27.9. The molecule has 0 aliphatic carbocycles. The standard InChI is InChI=1S/C40H33NO2/c1-26-15-27(2)18-37(17-26)41(38-19-28(3)16-29(4)20-38)36-13-12-33-21-30(9-11-34(33)23-36)10-14-40(43)39-24-32-8-6-5-7-31(32)22-35(39)25-42/h5-25H,1-4H3. The number of fused-ring (bicyclic) bond motifs is 2. The third-order valence-electron chi connectivity index (χ3n) is 7.77. The van der Waals surface area contributed by atoms with Crippen molar-refractivity contribution in [2.75, 3.05) is 4.90 Å². The normalized spacial score (nSPS) is 11.3. The van der Waals surface area contributed by atoms with Gasteiger partial charge in [-0.3, -0.25) is 9.59 Å². The van der Waals surface area contributed by atoms with Crippen LogP contribution >= 0.6 is 0 Å². The summed E-state index contributed by atoms with van der Waals surface area (Å²) >= 11 is 0. The van der Waals surface area contributed by atoms with Crippen molar-refractivity contribution in [1.82, 2.24) is 0 Å². The Morgan fingerprint density at radius 2 is 1.09 bits per heavy atom. The van der Waals surface area contributed by atoms with E-state index in [4.69, 9.17) is 0 Å². The summed E-state index contributed by atoms with van der Waals surface area (Å²) in [4.78, 5) is 27.2. The van der Waals surface area contributed by atoms with Crippen molar-refractivity contribution in [2.24, 2.45) is 0 Å². The highest BCUT2D eigenvalue weighted by Gasteiger charge is 2.15. The van der Waals surface area contributed by atoms with E-state index in [-0.39, 0.29) is 5.78 Å². The number of ketones is 1. The van der Waals surface area contributed by atoms with Crippen LogP contribution in [0.2, 0.25) is 0 Å². The van der Waals surface area contributed by atoms with Gasteiger partial charge in [-0.2, -0.15) is 0 Å². The van der Waals surface area contributed by atoms with E-state index in [0.29, 0.717) is 11.1 Å². The molecule has 0 radical (unpaired) electrons. The number of rotatable bonds is 7. The lowest BCUT2D eigenvalue weighted by Crippen LogP contribution is -2.11. The molecule has 6 aromatic carbocycles. The lowest BCUT2D eigenvalue weighted by atomic mass is 9.98. The zero-order valence-electron chi connectivity index (χ0n) is 24.9. The molecule has 0 amide bonds. The quantitative estimate of drug-likeness (QED) is 0.111. The number of hydrogen-bond donors (Lipinski definition) is 0. The average molecular weight is 560 g/mol. The van der Waals surface area contributed by atoms with Gasteiger partial charge in [0.1, 0.15) is 0 Å². The maximum atomic E-state index is 13.1. The first-order chi connectivity index (χ1) is 20.8. The molecule has 0 fully saturated rings. The van der Waals surface area contributed by atoms with E-state index in [2.05, 4.69) is 99.3 Å². The van der Waals surface area contributed by atoms with Crippen molar-refractivity contribution in [2.45, 2.75) is 27.7 Å². The van der Waals surface area contributed by atoms with Crippen LogP contribution in [-0.2, 0) is 0 Å². The number of nitrogens with zero attached hydrogens (tertiary/aromatic N) is 1. The molecule has 6 aromatic rings. The first-order valence-electron chi connectivity index (χ1n) is 14.5. The van der Waals surface area contributed by atoms with E-state index in [1.807, 2.05) is 36.4 Å². The lowest BCUT2D eigenvalue weighted by Gasteiger charge is -2.27. The summed E-state index contributed by atoms with van der Waals surface area (Å²) in [7, 11) is 0. The highest BCUT2D eigenvalue weighted by atomic mass is 16.1. The second-order valence-electron chi connectivity index (χ2n) is 11.4. The van der Waals surface area contributed by atoms with Crippen molar-refractivity contribution in [3.63, 3.8) is 0 Å². The first-order valence-corrected chi connectivity index (χ1v) is 14.5. The molecule has 3 nitrogen and oxygen atoms in total. The Bertz CT molecular complexity index is 1980. The SMILES string of the molecule is Cc1cc(C)cc(N(c2cc(C)cc(C)c2)c2ccc3cc(C=CC(=O)c4cc5ccccc5cc4C=O)ccc3c2)c1. The Kier molecular flexibility index (Phi) is 7.48. The monoisotopic (exact) mass is 559 g/mol. The van der Waals surface area contributed by atoms with Gasteiger partial charge in [-0.05, 0) is 138 Å². The Hall–Kier alpha value is -5.28. The fraction of sp³-hybridized carbons (Fsp3) is 0.100. The molecule has 0 aliphatic rings. The van der Waals surface area contributed by atoms with Crippen molar-refractivity contribution >= 4 is 56.8 Å². The number of hydrogen-bond acceptors (Lipinski definition) is 3. The molecule has 0 atom stereocenters. The third kappa shape index (κ3) is 5.89. The van der Waals surface area contributed by atoms with Crippen LogP contribution in [0, 0.1) is 27.7 Å². The number of anilines is 3. The van der Waals surface area contributed by atoms with Crippen LogP contribution in [0.15, 0.2) is 115 Å². The summed E-state index contributed by atoms with van der Waals surface area (Å²) in [5, 5.41) is 4.06. The second kappa shape index (κ2) is 11.5. The number of carbonyl (C=O) groups is 2. The Morgan fingerprint density at radius 3 is 1.70 bits per heavy atom. The maximum absolute atomic E-state index is 13.1. The molecule has 6 rings (SSSR count). The Labute approximate surface area is 252 Å². The molecule has 0 heterocycles. The number of allylic oxidation sites excluding steroid dienone is 1. The summed E-state index contributed by atoms with van der Waals surface area (Å²) in [6.45, 7) is 8.54. The summed E-state index contributed by atoms with van der Waals surface area (Å²) in [5.41, 5.74) is 9.96. The number of benzene rings is 6. The molecule has 0 spiro atoms. The predicted octanol–water partition coefficient (Wildman–Crippen LogP) is 10.4. The lowest BCUT2D eigenvalue weighted by molar-refractivity contribution is 0.103. The molecule has 0 saturated heterocycles. The van der Waals surface area contributed by atoms with Gasteiger partial charge < -0.3 is 4.90 Å². The van der Waals surface area contributed by atoms with Gasteiger partial charge in [0.2, 0.25) is 0 Å². The van der Waals surface area contributed by atoms with Crippen LogP contribution in [-0.4, -0.2) is 12.1 Å². The molecule has 0 aliphatic heterocycles. The predicted molar refractivity (Wildman–Crippen MR) is 180 cm³/mol. The maximum Gasteiger partial charge on any atom is 0.186 e. The molecule has 0 aromatic heterocycles. The Morgan fingerprint density at radius 1 is 0.558 bits per heavy atom. The highest BCUT2D eigenvalue weighted by Crippen LogP contribution is 2.38. The van der Waals surface area contributed by atoms with Gasteiger partial charge >= 0.3 is 0 Å². The summed E-state index contributed by atoms with van der Waals surface area (Å²) in [6.07, 6.45) is 4.12. The molecule has 3 heteroatoms. The van der Waals surface area contributed by atoms with E-state index in [1.54, 1.807) is 18.2 Å². The van der Waals surface area contributed by atoms with Gasteiger partial charge in [0.15, 0.2) is 12.1 Å². The summed E-state index contributed by atoms with van der Waals surface area (Å²) < 4.78 is 0. The zero-order valence-corrected chi connectivity index (χ0v) is 24.9. The van der Waals surface area contributed by atoms with Crippen LogP contribution in [0.1, 0.15) is 48.5 Å². The van der Waals surface area contributed by atoms with E-state index >= 15 is 0 Å². The number of carbonyl (C=O) groups excluding carboxylic acids is 2. The van der Waals surface area contributed by atoms with E-state index in [9.17, 15) is 9.59 Å². The minimum absolute atomic E-state index is 0.194. The molecule has 210 valence electrons. The van der Waals surface area contributed by atoms with Gasteiger partial charge in [-0.25, -0.2) is 0 Å². The van der Waals surface area contributed by atoms with E-state index in [1.165, 1.54) is 22.3 Å². The molecular formula is C40H33NO2. The van der Waals surface area contributed by atoms with Gasteiger partial charge in [0, 0.05) is 28.2 Å². The minimum atomic E-state index is -0.194. The summed E-state index contributed by atoms with van der Waals surface area (Å²) in [6, 6.07) is 37.3. The fourth-order valence-corrected chi connectivity index (χ4v) is 5.93. The van der Waals surface area contributed by atoms with E-state index < -0.39 is 0 Å². The Balaban J connectivity index is 1.34. The topological polar surface area (TPSA) is 37.4 Å². The van der Waals surface area contributed by atoms with Crippen molar-refractivity contribution in [3.8, 4) is 0 Å². The largest absolute Gasteiger partial charge is 0.310 e. The smallest absolute Gasteiger partial charge is 0.186 e. The van der Waals surface area contributed by atoms with Crippen molar-refractivity contribution in [1.29, 1.82) is 0 Å². The second-order valence-corrected chi connectivity index (χ2v) is 11.4. The van der Waals surface area contributed by atoms with E-state index in [0.717, 1.165) is 50.5 Å². The van der Waals surface area contributed by atoms with Gasteiger partial charge in [0.25, 0.3) is 0 Å². The highest BCUT2D eigenvalue weighted by molar-refractivity contribution is 6.13. The molecule has 43 heavy (non-hydrogen) atoms. The van der Waals surface area contributed by atoms with Crippen molar-refractivity contribution in [3.05, 3.63) is 154 Å². The number of aldehydes is 1. The third-order valence-corrected chi connectivity index (χ3v) is 7.77. The van der Waals surface area contributed by atoms with Crippen LogP contribution in [0.4, 0.5) is 17.1 Å². The minimum Gasteiger partial charge on any atom is -0.310 e. The molecule has 0 unspecified atom stereocenters. The van der Waals surface area contributed by atoms with Crippen LogP contribution < -0.4 is 4.90 Å². The fourth-order valence-electron chi connectivity index (χ4n) is 5.93. The van der Waals surface area contributed by atoms with Gasteiger partial charge in [-0.15, -0.1) is 0 Å². The number of aryl methyl sites for hydroxylation is 4. The molecule has 0 bridgehead atoms. The van der Waals surface area contributed by atoms with Crippen LogP contribution in [0.5, 0.6) is 0 Å². The van der Waals surface area contributed by atoms with Crippen LogP contribution in [0.3, 0.4) is 0 Å². The zero-order chi connectivity index (χ0) is 30.1. The molecule has 0 saturated carbocycles. The summed E-state index contributed by atoms with van der Waals surface area (Å²) in [5.74, 6) is -0.194. The van der Waals surface area contributed by atoms with Gasteiger partial charge in [0.05, 0.1) is 0 Å². The average Bonchev–Trinajstić information content (AvgIpc) is 2.98.